The second-order valence-corrected chi connectivity index (χ2v) is 6.80. The zero-order valence-corrected chi connectivity index (χ0v) is 17.3. The summed E-state index contributed by atoms with van der Waals surface area (Å²) in [5, 5.41) is 17.1. The molecule has 2 aromatic carbocycles. The van der Waals surface area contributed by atoms with Gasteiger partial charge in [0.2, 0.25) is 0 Å². The fourth-order valence-corrected chi connectivity index (χ4v) is 3.27. The molecule has 1 amide bonds. The minimum absolute atomic E-state index is 0.0125. The molecule has 0 bridgehead atoms. The number of methoxy groups -OCH3 is 2. The number of hydrogen-bond acceptors (Lipinski definition) is 6. The van der Waals surface area contributed by atoms with Crippen molar-refractivity contribution in [1.82, 2.24) is 10.5 Å². The van der Waals surface area contributed by atoms with Crippen LogP contribution in [0.5, 0.6) is 11.5 Å². The SMILES string of the molecule is COc1ccc(OC)c(C(O)CNC(=O)c2c(-c3c(F)cccc3Cl)noc2C)c1. The maximum atomic E-state index is 14.3. The number of aryl methyl sites for hydroxylation is 1. The Balaban J connectivity index is 1.84. The van der Waals surface area contributed by atoms with Crippen LogP contribution in [0.2, 0.25) is 5.02 Å². The fourth-order valence-electron chi connectivity index (χ4n) is 3.02. The van der Waals surface area contributed by atoms with E-state index in [4.69, 9.17) is 25.6 Å². The summed E-state index contributed by atoms with van der Waals surface area (Å²) in [6.07, 6.45) is -1.08. The second-order valence-electron chi connectivity index (χ2n) is 6.39. The monoisotopic (exact) mass is 434 g/mol. The predicted octanol–water partition coefficient (Wildman–Crippen LogP) is 3.92. The lowest BCUT2D eigenvalue weighted by atomic mass is 10.0. The van der Waals surface area contributed by atoms with Crippen molar-refractivity contribution >= 4 is 17.5 Å². The average Bonchev–Trinajstić information content (AvgIpc) is 3.12. The molecule has 3 aromatic rings. The lowest BCUT2D eigenvalue weighted by Crippen LogP contribution is -2.29. The first-order valence-electron chi connectivity index (χ1n) is 8.96. The average molecular weight is 435 g/mol. The summed E-state index contributed by atoms with van der Waals surface area (Å²) in [6.45, 7) is 1.39. The molecule has 0 aliphatic carbocycles. The summed E-state index contributed by atoms with van der Waals surface area (Å²) in [7, 11) is 2.98. The van der Waals surface area contributed by atoms with Gasteiger partial charge < -0.3 is 24.4 Å². The minimum atomic E-state index is -1.08. The van der Waals surface area contributed by atoms with Gasteiger partial charge in [0.1, 0.15) is 40.4 Å². The van der Waals surface area contributed by atoms with Crippen molar-refractivity contribution in [2.24, 2.45) is 0 Å². The number of nitrogens with zero attached hydrogens (tertiary/aromatic N) is 1. The molecule has 0 saturated carbocycles. The van der Waals surface area contributed by atoms with Gasteiger partial charge in [-0.2, -0.15) is 0 Å². The van der Waals surface area contributed by atoms with Crippen LogP contribution >= 0.6 is 11.6 Å². The molecule has 0 fully saturated rings. The van der Waals surface area contributed by atoms with Gasteiger partial charge in [0, 0.05) is 12.1 Å². The molecule has 3 rings (SSSR count). The molecular formula is C21H20ClFN2O5. The van der Waals surface area contributed by atoms with Crippen molar-refractivity contribution in [3.63, 3.8) is 0 Å². The highest BCUT2D eigenvalue weighted by Gasteiger charge is 2.26. The first-order chi connectivity index (χ1) is 14.4. The Morgan fingerprint density at radius 1 is 1.30 bits per heavy atom. The number of hydrogen-bond donors (Lipinski definition) is 2. The third-order valence-electron chi connectivity index (χ3n) is 4.54. The number of ether oxygens (including phenoxy) is 2. The molecule has 0 radical (unpaired) electrons. The van der Waals surface area contributed by atoms with Crippen LogP contribution in [0, 0.1) is 12.7 Å². The van der Waals surface area contributed by atoms with Crippen molar-refractivity contribution in [3.05, 3.63) is 64.1 Å². The molecule has 7 nitrogen and oxygen atoms in total. The van der Waals surface area contributed by atoms with E-state index in [1.807, 2.05) is 0 Å². The smallest absolute Gasteiger partial charge is 0.257 e. The summed E-state index contributed by atoms with van der Waals surface area (Å²) in [5.41, 5.74) is 0.432. The molecule has 158 valence electrons. The van der Waals surface area contributed by atoms with Gasteiger partial charge in [-0.05, 0) is 37.3 Å². The van der Waals surface area contributed by atoms with Gasteiger partial charge in [-0.3, -0.25) is 4.79 Å². The molecule has 1 aromatic heterocycles. The number of carbonyl (C=O) groups is 1. The largest absolute Gasteiger partial charge is 0.497 e. The van der Waals surface area contributed by atoms with E-state index in [9.17, 15) is 14.3 Å². The van der Waals surface area contributed by atoms with Crippen molar-refractivity contribution < 1.29 is 28.3 Å². The molecule has 0 saturated heterocycles. The van der Waals surface area contributed by atoms with Gasteiger partial charge in [0.15, 0.2) is 0 Å². The van der Waals surface area contributed by atoms with Crippen molar-refractivity contribution in [2.45, 2.75) is 13.0 Å². The number of carbonyl (C=O) groups excluding carboxylic acids is 1. The Hall–Kier alpha value is -3.10. The van der Waals surface area contributed by atoms with Crippen LogP contribution in [-0.4, -0.2) is 36.9 Å². The number of amides is 1. The number of aromatic nitrogens is 1. The third kappa shape index (κ3) is 4.24. The van der Waals surface area contributed by atoms with E-state index in [1.165, 1.54) is 39.3 Å². The first-order valence-corrected chi connectivity index (χ1v) is 9.34. The minimum Gasteiger partial charge on any atom is -0.497 e. The summed E-state index contributed by atoms with van der Waals surface area (Å²) in [6, 6.07) is 9.12. The molecule has 1 atom stereocenters. The van der Waals surface area contributed by atoms with Gasteiger partial charge in [0.25, 0.3) is 5.91 Å². The molecule has 0 spiro atoms. The van der Waals surface area contributed by atoms with Crippen LogP contribution in [0.3, 0.4) is 0 Å². The fraction of sp³-hybridized carbons (Fsp3) is 0.238. The standard InChI is InChI=1S/C21H20ClFN2O5/c1-11-18(20(25-30-11)19-14(22)5-4-6-15(19)23)21(27)24-10-16(26)13-9-12(28-2)7-8-17(13)29-3/h4-9,16,26H,10H2,1-3H3,(H,24,27). The normalized spacial score (nSPS) is 11.8. The number of nitrogens with one attached hydrogen (secondary N) is 1. The summed E-state index contributed by atoms with van der Waals surface area (Å²) in [4.78, 5) is 12.8. The number of aliphatic hydroxyl groups excluding tert-OH is 1. The summed E-state index contributed by atoms with van der Waals surface area (Å²) in [5.74, 6) is -0.0645. The highest BCUT2D eigenvalue weighted by atomic mass is 35.5. The van der Waals surface area contributed by atoms with E-state index in [0.29, 0.717) is 17.1 Å². The molecule has 0 aliphatic heterocycles. The Kier molecular flexibility index (Phi) is 6.59. The van der Waals surface area contributed by atoms with E-state index >= 15 is 0 Å². The second kappa shape index (κ2) is 9.15. The topological polar surface area (TPSA) is 93.8 Å². The van der Waals surface area contributed by atoms with Gasteiger partial charge in [-0.15, -0.1) is 0 Å². The molecule has 1 heterocycles. The molecule has 9 heteroatoms. The van der Waals surface area contributed by atoms with Gasteiger partial charge in [-0.25, -0.2) is 4.39 Å². The lowest BCUT2D eigenvalue weighted by Gasteiger charge is -2.16. The quantitative estimate of drug-likeness (QED) is 0.585. The van der Waals surface area contributed by atoms with Crippen LogP contribution in [0.4, 0.5) is 4.39 Å². The number of benzene rings is 2. The highest BCUT2D eigenvalue weighted by Crippen LogP contribution is 2.34. The van der Waals surface area contributed by atoms with Crippen LogP contribution < -0.4 is 14.8 Å². The van der Waals surface area contributed by atoms with Crippen molar-refractivity contribution in [3.8, 4) is 22.8 Å². The van der Waals surface area contributed by atoms with Crippen LogP contribution in [0.15, 0.2) is 40.9 Å². The van der Waals surface area contributed by atoms with Crippen molar-refractivity contribution in [1.29, 1.82) is 0 Å². The zero-order chi connectivity index (χ0) is 21.8. The zero-order valence-electron chi connectivity index (χ0n) is 16.5. The molecule has 1 unspecified atom stereocenters. The van der Waals surface area contributed by atoms with Crippen LogP contribution in [0.1, 0.15) is 27.8 Å². The van der Waals surface area contributed by atoms with Crippen LogP contribution in [0.25, 0.3) is 11.3 Å². The maximum Gasteiger partial charge on any atom is 0.257 e. The molecular weight excluding hydrogens is 415 g/mol. The Morgan fingerprint density at radius 3 is 2.73 bits per heavy atom. The van der Waals surface area contributed by atoms with Gasteiger partial charge in [-0.1, -0.05) is 22.8 Å². The van der Waals surface area contributed by atoms with Crippen molar-refractivity contribution in [2.75, 3.05) is 20.8 Å². The Bertz CT molecular complexity index is 1050. The Morgan fingerprint density at radius 2 is 2.07 bits per heavy atom. The Labute approximate surface area is 177 Å². The van der Waals surface area contributed by atoms with E-state index in [2.05, 4.69) is 10.5 Å². The molecule has 30 heavy (non-hydrogen) atoms. The number of halogens is 2. The molecule has 0 aliphatic rings. The van der Waals surface area contributed by atoms with Crippen LogP contribution in [-0.2, 0) is 0 Å². The van der Waals surface area contributed by atoms with Gasteiger partial charge in [0.05, 0.1) is 24.8 Å². The first kappa shape index (κ1) is 21.6. The van der Waals surface area contributed by atoms with E-state index in [0.717, 1.165) is 0 Å². The summed E-state index contributed by atoms with van der Waals surface area (Å²) < 4.78 is 29.8. The van der Waals surface area contributed by atoms with Gasteiger partial charge >= 0.3 is 0 Å². The van der Waals surface area contributed by atoms with E-state index in [-0.39, 0.29) is 34.1 Å². The lowest BCUT2D eigenvalue weighted by molar-refractivity contribution is 0.0913. The number of rotatable bonds is 7. The van der Waals surface area contributed by atoms with E-state index < -0.39 is 17.8 Å². The predicted molar refractivity (Wildman–Crippen MR) is 108 cm³/mol. The number of aliphatic hydroxyl groups is 1. The molecule has 2 N–H and O–H groups in total. The maximum absolute atomic E-state index is 14.3. The highest BCUT2D eigenvalue weighted by molar-refractivity contribution is 6.33. The van der Waals surface area contributed by atoms with E-state index in [1.54, 1.807) is 18.2 Å². The summed E-state index contributed by atoms with van der Waals surface area (Å²) >= 11 is 6.10. The third-order valence-corrected chi connectivity index (χ3v) is 4.86.